The van der Waals surface area contributed by atoms with Crippen molar-refractivity contribution in [1.29, 1.82) is 0 Å². The van der Waals surface area contributed by atoms with Gasteiger partial charge in [0.25, 0.3) is 0 Å². The molecule has 0 aliphatic carbocycles. The van der Waals surface area contributed by atoms with E-state index in [4.69, 9.17) is 0 Å². The molecule has 170 valence electrons. The number of amides is 1. The predicted octanol–water partition coefficient (Wildman–Crippen LogP) is 3.29. The summed E-state index contributed by atoms with van der Waals surface area (Å²) >= 11 is 0. The van der Waals surface area contributed by atoms with Gasteiger partial charge >= 0.3 is 0 Å². The van der Waals surface area contributed by atoms with Gasteiger partial charge in [-0.1, -0.05) is 32.9 Å². The van der Waals surface area contributed by atoms with Gasteiger partial charge in [-0.2, -0.15) is 0 Å². The maximum absolute atomic E-state index is 12.8. The maximum Gasteiger partial charge on any atom is 0.226 e. The van der Waals surface area contributed by atoms with E-state index in [1.165, 1.54) is 6.26 Å². The quantitative estimate of drug-likeness (QED) is 0.587. The second-order valence-electron chi connectivity index (χ2n) is 8.94. The normalized spacial score (nSPS) is 17.8. The first kappa shape index (κ1) is 24.8. The molecule has 2 atom stereocenters. The van der Waals surface area contributed by atoms with Gasteiger partial charge < -0.3 is 10.6 Å². The fourth-order valence-electron chi connectivity index (χ4n) is 4.37. The number of carbonyl (C=O) groups excluding carboxylic acids is 1. The fraction of sp³-hybridized carbons (Fsp3) is 0.696. The summed E-state index contributed by atoms with van der Waals surface area (Å²) in [6.45, 7) is 10.5. The van der Waals surface area contributed by atoms with E-state index in [9.17, 15) is 13.2 Å². The summed E-state index contributed by atoms with van der Waals surface area (Å²) in [6.07, 6.45) is 4.81. The fourth-order valence-corrected chi connectivity index (χ4v) is 6.15. The number of piperidine rings is 1. The van der Waals surface area contributed by atoms with Crippen LogP contribution in [0.3, 0.4) is 0 Å². The van der Waals surface area contributed by atoms with Crippen LogP contribution in [0.5, 0.6) is 0 Å². The third kappa shape index (κ3) is 7.06. The van der Waals surface area contributed by atoms with Crippen LogP contribution in [-0.2, 0) is 21.1 Å². The lowest BCUT2D eigenvalue weighted by Crippen LogP contribution is -2.52. The Morgan fingerprint density at radius 1 is 1.23 bits per heavy atom. The number of sulfone groups is 1. The van der Waals surface area contributed by atoms with Crippen molar-refractivity contribution < 1.29 is 13.2 Å². The summed E-state index contributed by atoms with van der Waals surface area (Å²) in [6, 6.07) is 7.97. The highest BCUT2D eigenvalue weighted by atomic mass is 32.2. The standard InChI is InChI=1S/C23H39N3O3S/c1-6-14-26(23(30(5,28)29)20-10-12-24-13-11-20)18(4)15-19-8-7-9-21(16-19)25-22(27)17(2)3/h7-9,16-18,20,23-24H,6,10-15H2,1-5H3,(H,25,27). The van der Waals surface area contributed by atoms with Gasteiger partial charge in [-0.25, -0.2) is 8.42 Å². The molecule has 7 heteroatoms. The number of hydrogen-bond donors (Lipinski definition) is 2. The Balaban J connectivity index is 2.21. The van der Waals surface area contributed by atoms with Crippen molar-refractivity contribution in [1.82, 2.24) is 10.2 Å². The Labute approximate surface area is 182 Å². The van der Waals surface area contributed by atoms with Gasteiger partial charge in [-0.3, -0.25) is 9.69 Å². The van der Waals surface area contributed by atoms with E-state index in [1.807, 2.05) is 38.1 Å². The van der Waals surface area contributed by atoms with Crippen LogP contribution in [0.15, 0.2) is 24.3 Å². The largest absolute Gasteiger partial charge is 0.326 e. The van der Waals surface area contributed by atoms with Gasteiger partial charge in [0.2, 0.25) is 5.91 Å². The van der Waals surface area contributed by atoms with E-state index in [0.717, 1.165) is 56.6 Å². The molecule has 0 spiro atoms. The number of hydrogen-bond acceptors (Lipinski definition) is 5. The van der Waals surface area contributed by atoms with E-state index in [2.05, 4.69) is 29.4 Å². The molecule has 1 aliphatic rings. The van der Waals surface area contributed by atoms with Gasteiger partial charge in [0.05, 0.1) is 0 Å². The molecule has 0 radical (unpaired) electrons. The van der Waals surface area contributed by atoms with E-state index >= 15 is 0 Å². The Hall–Kier alpha value is -1.44. The molecule has 6 nitrogen and oxygen atoms in total. The highest BCUT2D eigenvalue weighted by Gasteiger charge is 2.37. The summed E-state index contributed by atoms with van der Waals surface area (Å²) < 4.78 is 25.7. The maximum atomic E-state index is 12.8. The van der Waals surface area contributed by atoms with Crippen molar-refractivity contribution in [2.75, 3.05) is 31.2 Å². The zero-order chi connectivity index (χ0) is 22.3. The summed E-state index contributed by atoms with van der Waals surface area (Å²) in [5.41, 5.74) is 1.89. The second-order valence-corrected chi connectivity index (χ2v) is 11.1. The topological polar surface area (TPSA) is 78.5 Å². The molecule has 1 heterocycles. The molecule has 30 heavy (non-hydrogen) atoms. The van der Waals surface area contributed by atoms with Crippen molar-refractivity contribution in [3.63, 3.8) is 0 Å². The average Bonchev–Trinajstić information content (AvgIpc) is 2.67. The highest BCUT2D eigenvalue weighted by molar-refractivity contribution is 7.91. The number of rotatable bonds is 10. The molecular formula is C23H39N3O3S. The summed E-state index contributed by atoms with van der Waals surface area (Å²) in [5.74, 6) is 0.0795. The van der Waals surface area contributed by atoms with Gasteiger partial charge in [-0.05, 0) is 75.9 Å². The zero-order valence-electron chi connectivity index (χ0n) is 19.1. The Kier molecular flexibility index (Phi) is 9.31. The van der Waals surface area contributed by atoms with E-state index in [0.29, 0.717) is 0 Å². The van der Waals surface area contributed by atoms with Crippen LogP contribution >= 0.6 is 0 Å². The van der Waals surface area contributed by atoms with Gasteiger partial charge in [0.15, 0.2) is 9.84 Å². The van der Waals surface area contributed by atoms with Gasteiger partial charge in [-0.15, -0.1) is 0 Å². The molecule has 1 aliphatic heterocycles. The molecule has 0 saturated carbocycles. The van der Waals surface area contributed by atoms with Crippen LogP contribution in [0.4, 0.5) is 5.69 Å². The molecule has 2 unspecified atom stereocenters. The Morgan fingerprint density at radius 2 is 1.90 bits per heavy atom. The molecular weight excluding hydrogens is 398 g/mol. The second kappa shape index (κ2) is 11.3. The van der Waals surface area contributed by atoms with E-state index < -0.39 is 15.2 Å². The molecule has 0 bridgehead atoms. The molecule has 0 aromatic heterocycles. The first-order valence-corrected chi connectivity index (χ1v) is 13.1. The molecule has 1 aromatic rings. The minimum absolute atomic E-state index is 0.00384. The van der Waals surface area contributed by atoms with Crippen molar-refractivity contribution in [3.8, 4) is 0 Å². The van der Waals surface area contributed by atoms with E-state index in [1.54, 1.807) is 0 Å². The van der Waals surface area contributed by atoms with Gasteiger partial charge in [0, 0.05) is 23.9 Å². The number of nitrogens with zero attached hydrogens (tertiary/aromatic N) is 1. The van der Waals surface area contributed by atoms with Crippen molar-refractivity contribution >= 4 is 21.4 Å². The molecule has 1 amide bonds. The van der Waals surface area contributed by atoms with Crippen LogP contribution in [0, 0.1) is 11.8 Å². The Bertz CT molecular complexity index is 789. The Morgan fingerprint density at radius 3 is 2.47 bits per heavy atom. The molecule has 2 N–H and O–H groups in total. The lowest BCUT2D eigenvalue weighted by molar-refractivity contribution is -0.118. The van der Waals surface area contributed by atoms with Crippen molar-refractivity contribution in [3.05, 3.63) is 29.8 Å². The molecule has 1 saturated heterocycles. The SMILES string of the molecule is CCCN(C(C)Cc1cccc(NC(=O)C(C)C)c1)C(C1CCNCC1)S(C)(=O)=O. The zero-order valence-corrected chi connectivity index (χ0v) is 20.0. The number of nitrogens with one attached hydrogen (secondary N) is 2. The van der Waals surface area contributed by atoms with Crippen LogP contribution in [0.25, 0.3) is 0 Å². The number of anilines is 1. The number of benzene rings is 1. The molecule has 2 rings (SSSR count). The first-order chi connectivity index (χ1) is 14.1. The van der Waals surface area contributed by atoms with Crippen LogP contribution < -0.4 is 10.6 Å². The third-order valence-electron chi connectivity index (χ3n) is 5.85. The van der Waals surface area contributed by atoms with Gasteiger partial charge in [0.1, 0.15) is 5.37 Å². The number of carbonyl (C=O) groups is 1. The first-order valence-electron chi connectivity index (χ1n) is 11.2. The van der Waals surface area contributed by atoms with Crippen LogP contribution in [0.1, 0.15) is 52.5 Å². The molecule has 1 fully saturated rings. The molecule has 1 aromatic carbocycles. The third-order valence-corrected chi connectivity index (χ3v) is 7.38. The average molecular weight is 438 g/mol. The minimum Gasteiger partial charge on any atom is -0.326 e. The summed E-state index contributed by atoms with van der Waals surface area (Å²) in [4.78, 5) is 14.2. The van der Waals surface area contributed by atoms with Crippen molar-refractivity contribution in [2.24, 2.45) is 11.8 Å². The van der Waals surface area contributed by atoms with Crippen molar-refractivity contribution in [2.45, 2.75) is 64.8 Å². The monoisotopic (exact) mass is 437 g/mol. The highest BCUT2D eigenvalue weighted by Crippen LogP contribution is 2.28. The minimum atomic E-state index is -3.22. The van der Waals surface area contributed by atoms with Crippen LogP contribution in [-0.4, -0.2) is 56.5 Å². The summed E-state index contributed by atoms with van der Waals surface area (Å²) in [5, 5.41) is 5.85. The predicted molar refractivity (Wildman–Crippen MR) is 124 cm³/mol. The lowest BCUT2D eigenvalue weighted by atomic mass is 9.95. The summed E-state index contributed by atoms with van der Waals surface area (Å²) in [7, 11) is -3.22. The smallest absolute Gasteiger partial charge is 0.226 e. The lowest BCUT2D eigenvalue weighted by Gasteiger charge is -2.41. The van der Waals surface area contributed by atoms with Crippen LogP contribution in [0.2, 0.25) is 0 Å². The van der Waals surface area contributed by atoms with E-state index in [-0.39, 0.29) is 23.8 Å².